The van der Waals surface area contributed by atoms with Crippen molar-refractivity contribution in [1.29, 1.82) is 0 Å². The molecule has 1 amide bonds. The van der Waals surface area contributed by atoms with E-state index in [1.54, 1.807) is 30.6 Å². The smallest absolute Gasteiger partial charge is 0.228 e. The lowest BCUT2D eigenvalue weighted by molar-refractivity contribution is -0.115. The lowest BCUT2D eigenvalue weighted by Crippen LogP contribution is -2.14. The first kappa shape index (κ1) is 22.6. The van der Waals surface area contributed by atoms with Crippen LogP contribution in [-0.2, 0) is 23.0 Å². The van der Waals surface area contributed by atoms with Crippen LogP contribution in [0.25, 0.3) is 11.1 Å². The van der Waals surface area contributed by atoms with Crippen LogP contribution in [-0.4, -0.2) is 16.6 Å². The summed E-state index contributed by atoms with van der Waals surface area (Å²) in [7, 11) is 0. The van der Waals surface area contributed by atoms with Crippen LogP contribution in [0.1, 0.15) is 12.5 Å². The van der Waals surface area contributed by atoms with Gasteiger partial charge in [0.25, 0.3) is 0 Å². The van der Waals surface area contributed by atoms with Gasteiger partial charge in [0.1, 0.15) is 23.1 Å². The maximum Gasteiger partial charge on any atom is 0.228 e. The molecule has 0 fully saturated rings. The molecular weight excluding hydrogens is 435 g/mol. The second-order valence-corrected chi connectivity index (χ2v) is 8.84. The van der Waals surface area contributed by atoms with Gasteiger partial charge in [0, 0.05) is 53.1 Å². The largest absolute Gasteiger partial charge is 0.457 e. The van der Waals surface area contributed by atoms with Crippen molar-refractivity contribution in [2.75, 3.05) is 11.1 Å². The second-order valence-electron chi connectivity index (χ2n) is 7.38. The van der Waals surface area contributed by atoms with E-state index in [0.29, 0.717) is 17.2 Å². The number of hydrogen-bond acceptors (Lipinski definition) is 3. The number of benzene rings is 3. The third-order valence-electron chi connectivity index (χ3n) is 4.90. The van der Waals surface area contributed by atoms with E-state index in [4.69, 9.17) is 4.74 Å². The van der Waals surface area contributed by atoms with E-state index < -0.39 is 0 Å². The van der Waals surface area contributed by atoms with Crippen molar-refractivity contribution >= 4 is 23.4 Å². The number of carbonyl (C=O) groups is 1. The van der Waals surface area contributed by atoms with E-state index >= 15 is 0 Å². The molecule has 4 nitrogen and oxygen atoms in total. The highest BCUT2D eigenvalue weighted by Crippen LogP contribution is 2.35. The second kappa shape index (κ2) is 10.8. The van der Waals surface area contributed by atoms with Crippen molar-refractivity contribution in [3.05, 3.63) is 103 Å². The molecule has 0 saturated heterocycles. The van der Waals surface area contributed by atoms with Crippen LogP contribution < -0.4 is 10.1 Å². The molecular formula is C27H24FN2O2S+. The molecule has 0 radical (unpaired) electrons. The fraction of sp³-hybridized carbons (Fsp3) is 0.111. The van der Waals surface area contributed by atoms with E-state index in [2.05, 4.69) is 29.4 Å². The number of pyridine rings is 1. The summed E-state index contributed by atoms with van der Waals surface area (Å²) < 4.78 is 19.7. The van der Waals surface area contributed by atoms with E-state index in [1.165, 1.54) is 28.8 Å². The average Bonchev–Trinajstić information content (AvgIpc) is 2.81. The number of hydrogen-bond donors (Lipinski definition) is 1. The Labute approximate surface area is 196 Å². The number of thiol groups is 1. The van der Waals surface area contributed by atoms with Crippen LogP contribution in [0, 0.1) is 5.82 Å². The van der Waals surface area contributed by atoms with E-state index in [0.717, 1.165) is 22.4 Å². The monoisotopic (exact) mass is 459 g/mol. The van der Waals surface area contributed by atoms with Crippen molar-refractivity contribution in [1.82, 2.24) is 4.98 Å². The van der Waals surface area contributed by atoms with Crippen LogP contribution in [0.3, 0.4) is 0 Å². The molecule has 0 atom stereocenters. The minimum atomic E-state index is -0.385. The number of anilines is 1. The summed E-state index contributed by atoms with van der Waals surface area (Å²) in [6.45, 7) is 2.13. The number of aromatic nitrogens is 1. The predicted molar refractivity (Wildman–Crippen MR) is 132 cm³/mol. The Balaban J connectivity index is 1.55. The molecule has 0 aliphatic heterocycles. The van der Waals surface area contributed by atoms with Crippen molar-refractivity contribution in [2.24, 2.45) is 0 Å². The highest BCUT2D eigenvalue weighted by Gasteiger charge is 2.12. The number of amides is 1. The highest BCUT2D eigenvalue weighted by atomic mass is 32.2. The van der Waals surface area contributed by atoms with Crippen LogP contribution in [0.2, 0.25) is 0 Å². The van der Waals surface area contributed by atoms with Gasteiger partial charge in [0.05, 0.1) is 6.42 Å². The Bertz CT molecular complexity index is 1230. The van der Waals surface area contributed by atoms with E-state index in [1.807, 2.05) is 36.4 Å². The summed E-state index contributed by atoms with van der Waals surface area (Å²) in [5.41, 5.74) is 3.19. The standard InChI is InChI=1S/C27H23FN2O2S/c1-2-33-24-11-8-19(9-12-24)15-27(31)30-22-10-13-25(20-5-4-14-29-18-20)26(17-22)32-23-7-3-6-21(28)16-23/h3-14,16-18H,2,15H2,1H3,(H,30,31)/p+1. The van der Waals surface area contributed by atoms with Gasteiger partial charge in [-0.25, -0.2) is 4.39 Å². The third-order valence-corrected chi connectivity index (χ3v) is 5.88. The highest BCUT2D eigenvalue weighted by molar-refractivity contribution is 7.78. The van der Waals surface area contributed by atoms with Gasteiger partial charge in [0.15, 0.2) is 4.90 Å². The maximum absolute atomic E-state index is 13.7. The van der Waals surface area contributed by atoms with Gasteiger partial charge in [-0.15, -0.1) is 0 Å². The number of rotatable bonds is 8. The summed E-state index contributed by atoms with van der Waals surface area (Å²) in [6, 6.07) is 23.2. The van der Waals surface area contributed by atoms with Crippen molar-refractivity contribution in [3.8, 4) is 22.6 Å². The first-order chi connectivity index (χ1) is 16.1. The van der Waals surface area contributed by atoms with Gasteiger partial charge in [-0.1, -0.05) is 24.3 Å². The number of halogens is 1. The molecule has 1 aromatic heterocycles. The van der Waals surface area contributed by atoms with E-state index in [-0.39, 0.29) is 18.1 Å². The van der Waals surface area contributed by atoms with Crippen LogP contribution in [0.15, 0.2) is 96.2 Å². The number of ether oxygens (including phenoxy) is 1. The van der Waals surface area contributed by atoms with Crippen LogP contribution >= 0.6 is 0 Å². The van der Waals surface area contributed by atoms with Gasteiger partial charge >= 0.3 is 0 Å². The zero-order valence-corrected chi connectivity index (χ0v) is 19.1. The lowest BCUT2D eigenvalue weighted by atomic mass is 10.1. The van der Waals surface area contributed by atoms with Crippen molar-refractivity contribution in [3.63, 3.8) is 0 Å². The Kier molecular flexibility index (Phi) is 7.37. The number of nitrogens with zero attached hydrogens (tertiary/aromatic N) is 1. The topological polar surface area (TPSA) is 51.2 Å². The van der Waals surface area contributed by atoms with E-state index in [9.17, 15) is 9.18 Å². The lowest BCUT2D eigenvalue weighted by Gasteiger charge is -2.14. The fourth-order valence-corrected chi connectivity index (χ4v) is 4.12. The molecule has 4 rings (SSSR count). The Hall–Kier alpha value is -3.64. The summed E-state index contributed by atoms with van der Waals surface area (Å²) >= 11 is 1.28. The Morgan fingerprint density at radius 2 is 1.88 bits per heavy atom. The van der Waals surface area contributed by atoms with Gasteiger partial charge in [0.2, 0.25) is 5.91 Å². The molecule has 4 aromatic rings. The van der Waals surface area contributed by atoms with Crippen molar-refractivity contribution < 1.29 is 13.9 Å². The minimum Gasteiger partial charge on any atom is -0.457 e. The normalized spacial score (nSPS) is 10.6. The Morgan fingerprint density at radius 3 is 2.61 bits per heavy atom. The van der Waals surface area contributed by atoms with Gasteiger partial charge in [-0.05, 0) is 55.0 Å². The molecule has 1 N–H and O–H groups in total. The Morgan fingerprint density at radius 1 is 1.03 bits per heavy atom. The molecule has 0 spiro atoms. The first-order valence-electron chi connectivity index (χ1n) is 10.6. The molecule has 0 aliphatic rings. The molecule has 33 heavy (non-hydrogen) atoms. The predicted octanol–water partition coefficient (Wildman–Crippen LogP) is 6.05. The minimum absolute atomic E-state index is 0.123. The molecule has 1 heterocycles. The van der Waals surface area contributed by atoms with Crippen LogP contribution in [0.5, 0.6) is 11.5 Å². The molecule has 0 unspecified atom stereocenters. The molecule has 3 aromatic carbocycles. The SMILES string of the molecule is CC[SH+]c1ccc(CC(=O)Nc2ccc(-c3cccnc3)c(Oc3cccc(F)c3)c2)cc1. The quantitative estimate of drug-likeness (QED) is 0.258. The van der Waals surface area contributed by atoms with Crippen molar-refractivity contribution in [2.45, 2.75) is 18.2 Å². The zero-order chi connectivity index (χ0) is 23.0. The summed E-state index contributed by atoms with van der Waals surface area (Å²) in [5.74, 6) is 1.42. The average molecular weight is 460 g/mol. The van der Waals surface area contributed by atoms with Gasteiger partial charge in [-0.3, -0.25) is 9.78 Å². The molecule has 6 heteroatoms. The molecule has 0 aliphatic carbocycles. The molecule has 0 saturated carbocycles. The van der Waals surface area contributed by atoms with Gasteiger partial charge < -0.3 is 10.1 Å². The number of carbonyl (C=O) groups excluding carboxylic acids is 1. The fourth-order valence-electron chi connectivity index (χ4n) is 3.39. The third kappa shape index (κ3) is 6.20. The first-order valence-corrected chi connectivity index (χ1v) is 11.7. The van der Waals surface area contributed by atoms with Crippen LogP contribution in [0.4, 0.5) is 10.1 Å². The molecule has 0 bridgehead atoms. The molecule has 166 valence electrons. The summed E-state index contributed by atoms with van der Waals surface area (Å²) in [4.78, 5) is 18.1. The summed E-state index contributed by atoms with van der Waals surface area (Å²) in [5, 5.41) is 2.94. The summed E-state index contributed by atoms with van der Waals surface area (Å²) in [6.07, 6.45) is 3.70. The number of nitrogens with one attached hydrogen (secondary N) is 1. The maximum atomic E-state index is 13.7. The zero-order valence-electron chi connectivity index (χ0n) is 18.2. The van der Waals surface area contributed by atoms with Gasteiger partial charge in [-0.2, -0.15) is 0 Å².